The summed E-state index contributed by atoms with van der Waals surface area (Å²) in [5.74, 6) is 0. The molecule has 0 atom stereocenters. The maximum atomic E-state index is 12.5. The van der Waals surface area contributed by atoms with Gasteiger partial charge in [0.15, 0.2) is 0 Å². The fourth-order valence-electron chi connectivity index (χ4n) is 2.31. The van der Waals surface area contributed by atoms with Crippen LogP contribution in [0.3, 0.4) is 0 Å². The molecule has 1 aromatic heterocycles. The van der Waals surface area contributed by atoms with Crippen LogP contribution in [0, 0.1) is 0 Å². The van der Waals surface area contributed by atoms with E-state index in [-0.39, 0.29) is 10.9 Å². The minimum atomic E-state index is -3.44. The normalized spacial score (nSPS) is 12.5. The summed E-state index contributed by atoms with van der Waals surface area (Å²) >= 11 is 0. The molecule has 122 valence electrons. The van der Waals surface area contributed by atoms with Gasteiger partial charge in [0.25, 0.3) is 0 Å². The van der Waals surface area contributed by atoms with Crippen LogP contribution in [-0.2, 0) is 16.6 Å². The third-order valence-electron chi connectivity index (χ3n) is 3.73. The lowest BCUT2D eigenvalue weighted by molar-refractivity contribution is 0.349. The SMILES string of the molecule is CCNCCCn1cc(S(=O)(=O)N(C)C(CC)CC)cn1. The summed E-state index contributed by atoms with van der Waals surface area (Å²) in [7, 11) is -1.79. The van der Waals surface area contributed by atoms with E-state index in [4.69, 9.17) is 0 Å². The smallest absolute Gasteiger partial charge is 0.246 e. The Hall–Kier alpha value is -0.920. The zero-order valence-corrected chi connectivity index (χ0v) is 14.4. The first-order valence-corrected chi connectivity index (χ1v) is 9.12. The zero-order chi connectivity index (χ0) is 15.9. The predicted octanol–water partition coefficient (Wildman–Crippen LogP) is 1.69. The quantitative estimate of drug-likeness (QED) is 0.667. The number of nitrogens with zero attached hydrogens (tertiary/aromatic N) is 3. The highest BCUT2D eigenvalue weighted by Crippen LogP contribution is 2.18. The second-order valence-electron chi connectivity index (χ2n) is 5.14. The Bertz CT molecular complexity index is 509. The van der Waals surface area contributed by atoms with Crippen LogP contribution >= 0.6 is 0 Å². The van der Waals surface area contributed by atoms with Crippen molar-refractivity contribution in [3.63, 3.8) is 0 Å². The third kappa shape index (κ3) is 4.79. The summed E-state index contributed by atoms with van der Waals surface area (Å²) in [5.41, 5.74) is 0. The van der Waals surface area contributed by atoms with Crippen LogP contribution in [0.4, 0.5) is 0 Å². The zero-order valence-electron chi connectivity index (χ0n) is 13.5. The van der Waals surface area contributed by atoms with E-state index in [1.54, 1.807) is 17.9 Å². The van der Waals surface area contributed by atoms with E-state index in [1.807, 2.05) is 13.8 Å². The Morgan fingerprint density at radius 2 is 2.00 bits per heavy atom. The second-order valence-corrected chi connectivity index (χ2v) is 7.14. The van der Waals surface area contributed by atoms with Crippen LogP contribution in [0.2, 0.25) is 0 Å². The molecule has 0 unspecified atom stereocenters. The average molecular weight is 316 g/mol. The molecule has 0 bridgehead atoms. The summed E-state index contributed by atoms with van der Waals surface area (Å²) in [6.07, 6.45) is 5.62. The van der Waals surface area contributed by atoms with Gasteiger partial charge in [-0.25, -0.2) is 8.42 Å². The average Bonchev–Trinajstić information content (AvgIpc) is 2.94. The lowest BCUT2D eigenvalue weighted by Crippen LogP contribution is -2.36. The van der Waals surface area contributed by atoms with Crippen molar-refractivity contribution in [3.05, 3.63) is 12.4 Å². The van der Waals surface area contributed by atoms with Crippen molar-refractivity contribution < 1.29 is 8.42 Å². The fourth-order valence-corrected chi connectivity index (χ4v) is 3.77. The molecule has 0 aliphatic carbocycles. The highest BCUT2D eigenvalue weighted by Gasteiger charge is 2.27. The van der Waals surface area contributed by atoms with Crippen LogP contribution in [-0.4, -0.2) is 48.7 Å². The van der Waals surface area contributed by atoms with Gasteiger partial charge in [0.05, 0.1) is 6.20 Å². The van der Waals surface area contributed by atoms with Gasteiger partial charge in [-0.1, -0.05) is 20.8 Å². The van der Waals surface area contributed by atoms with Crippen molar-refractivity contribution in [2.24, 2.45) is 0 Å². The molecular formula is C14H28N4O2S. The molecule has 1 rings (SSSR count). The summed E-state index contributed by atoms with van der Waals surface area (Å²) < 4.78 is 28.2. The first kappa shape index (κ1) is 18.1. The van der Waals surface area contributed by atoms with Gasteiger partial charge >= 0.3 is 0 Å². The van der Waals surface area contributed by atoms with E-state index in [9.17, 15) is 8.42 Å². The highest BCUT2D eigenvalue weighted by atomic mass is 32.2. The van der Waals surface area contributed by atoms with Crippen molar-refractivity contribution in [2.45, 2.75) is 57.5 Å². The van der Waals surface area contributed by atoms with Gasteiger partial charge in [0, 0.05) is 25.8 Å². The van der Waals surface area contributed by atoms with E-state index in [0.29, 0.717) is 0 Å². The van der Waals surface area contributed by atoms with Gasteiger partial charge < -0.3 is 5.32 Å². The maximum Gasteiger partial charge on any atom is 0.246 e. The standard InChI is InChI=1S/C14H28N4O2S/c1-5-13(6-2)17(4)21(19,20)14-11-16-18(12-14)10-8-9-15-7-3/h11-13,15H,5-10H2,1-4H3. The number of aryl methyl sites for hydroxylation is 1. The molecule has 1 heterocycles. The Labute approximate surface area is 128 Å². The van der Waals surface area contributed by atoms with E-state index < -0.39 is 10.0 Å². The Balaban J connectivity index is 2.74. The van der Waals surface area contributed by atoms with Crippen LogP contribution in [0.15, 0.2) is 17.3 Å². The molecule has 0 amide bonds. The van der Waals surface area contributed by atoms with Gasteiger partial charge in [0.1, 0.15) is 4.90 Å². The summed E-state index contributed by atoms with van der Waals surface area (Å²) in [5, 5.41) is 7.39. The number of hydrogen-bond acceptors (Lipinski definition) is 4. The van der Waals surface area contributed by atoms with Crippen LogP contribution in [0.5, 0.6) is 0 Å². The molecule has 0 fully saturated rings. The Morgan fingerprint density at radius 3 is 2.57 bits per heavy atom. The van der Waals surface area contributed by atoms with Gasteiger partial charge in [-0.15, -0.1) is 0 Å². The van der Waals surface area contributed by atoms with Crippen molar-refractivity contribution in [1.29, 1.82) is 0 Å². The molecule has 1 N–H and O–H groups in total. The summed E-state index contributed by atoms with van der Waals surface area (Å²) in [4.78, 5) is 0.278. The van der Waals surface area contributed by atoms with Crippen molar-refractivity contribution >= 4 is 10.0 Å². The second kappa shape index (κ2) is 8.51. The van der Waals surface area contributed by atoms with E-state index in [0.717, 1.165) is 38.9 Å². The molecule has 0 saturated carbocycles. The predicted molar refractivity (Wildman–Crippen MR) is 84.7 cm³/mol. The van der Waals surface area contributed by atoms with Crippen molar-refractivity contribution in [1.82, 2.24) is 19.4 Å². The van der Waals surface area contributed by atoms with Gasteiger partial charge in [-0.05, 0) is 32.4 Å². The van der Waals surface area contributed by atoms with Crippen molar-refractivity contribution in [2.75, 3.05) is 20.1 Å². The minimum absolute atomic E-state index is 0.0344. The molecule has 0 saturated heterocycles. The molecule has 0 spiro atoms. The van der Waals surface area contributed by atoms with Crippen molar-refractivity contribution in [3.8, 4) is 0 Å². The Kier molecular flexibility index (Phi) is 7.34. The molecule has 1 aromatic rings. The number of aromatic nitrogens is 2. The molecule has 0 aliphatic heterocycles. The minimum Gasteiger partial charge on any atom is -0.317 e. The molecule has 0 aliphatic rings. The monoisotopic (exact) mass is 316 g/mol. The first-order valence-electron chi connectivity index (χ1n) is 7.68. The number of sulfonamides is 1. The van der Waals surface area contributed by atoms with Gasteiger partial charge in [-0.2, -0.15) is 9.40 Å². The van der Waals surface area contributed by atoms with E-state index >= 15 is 0 Å². The Morgan fingerprint density at radius 1 is 1.33 bits per heavy atom. The first-order chi connectivity index (χ1) is 9.97. The fraction of sp³-hybridized carbons (Fsp3) is 0.786. The third-order valence-corrected chi connectivity index (χ3v) is 5.60. The molecule has 0 radical (unpaired) electrons. The largest absolute Gasteiger partial charge is 0.317 e. The molecular weight excluding hydrogens is 288 g/mol. The van der Waals surface area contributed by atoms with E-state index in [2.05, 4.69) is 17.3 Å². The molecule has 0 aromatic carbocycles. The van der Waals surface area contributed by atoms with Crippen LogP contribution in [0.1, 0.15) is 40.0 Å². The lowest BCUT2D eigenvalue weighted by Gasteiger charge is -2.24. The number of rotatable bonds is 10. The lowest BCUT2D eigenvalue weighted by atomic mass is 10.2. The number of hydrogen-bond donors (Lipinski definition) is 1. The number of nitrogens with one attached hydrogen (secondary N) is 1. The van der Waals surface area contributed by atoms with Crippen LogP contribution in [0.25, 0.3) is 0 Å². The summed E-state index contributed by atoms with van der Waals surface area (Å²) in [6, 6.07) is 0.0344. The van der Waals surface area contributed by atoms with Gasteiger partial charge in [0.2, 0.25) is 10.0 Å². The maximum absolute atomic E-state index is 12.5. The van der Waals surface area contributed by atoms with E-state index in [1.165, 1.54) is 10.5 Å². The summed E-state index contributed by atoms with van der Waals surface area (Å²) in [6.45, 7) is 8.64. The molecule has 21 heavy (non-hydrogen) atoms. The topological polar surface area (TPSA) is 67.2 Å². The van der Waals surface area contributed by atoms with Crippen LogP contribution < -0.4 is 5.32 Å². The molecule has 7 heteroatoms. The van der Waals surface area contributed by atoms with Gasteiger partial charge in [-0.3, -0.25) is 4.68 Å². The molecule has 6 nitrogen and oxygen atoms in total. The highest BCUT2D eigenvalue weighted by molar-refractivity contribution is 7.89.